The van der Waals surface area contributed by atoms with Crippen molar-refractivity contribution in [3.05, 3.63) is 54.4 Å². The fourth-order valence-corrected chi connectivity index (χ4v) is 3.57. The Morgan fingerprint density at radius 1 is 1.07 bits per heavy atom. The smallest absolute Gasteiger partial charge is 0.234 e. The van der Waals surface area contributed by atoms with Crippen molar-refractivity contribution in [3.63, 3.8) is 0 Å². The molecule has 0 radical (unpaired) electrons. The van der Waals surface area contributed by atoms with Crippen molar-refractivity contribution in [1.29, 1.82) is 0 Å². The summed E-state index contributed by atoms with van der Waals surface area (Å²) in [7, 11) is 1.61. The molecule has 29 heavy (non-hydrogen) atoms. The van der Waals surface area contributed by atoms with Crippen LogP contribution in [-0.2, 0) is 4.79 Å². The summed E-state index contributed by atoms with van der Waals surface area (Å²) in [6.45, 7) is 2.16. The highest BCUT2D eigenvalue weighted by Crippen LogP contribution is 2.26. The zero-order valence-corrected chi connectivity index (χ0v) is 16.8. The van der Waals surface area contributed by atoms with E-state index in [1.165, 1.54) is 11.3 Å². The van der Waals surface area contributed by atoms with Crippen LogP contribution in [0.1, 0.15) is 12.2 Å². The molecule has 0 saturated heterocycles. The molecule has 0 unspecified atom stereocenters. The maximum Gasteiger partial charge on any atom is 0.234 e. The molecule has 2 aromatic carbocycles. The van der Waals surface area contributed by atoms with Crippen LogP contribution in [0, 0.1) is 6.92 Å². The number of benzene rings is 2. The summed E-state index contributed by atoms with van der Waals surface area (Å²) in [5.41, 5.74) is 1.68. The highest BCUT2D eigenvalue weighted by molar-refractivity contribution is 7.19. The Balaban J connectivity index is 1.30. The Kier molecular flexibility index (Phi) is 5.39. The monoisotopic (exact) mass is 409 g/mol. The Labute approximate surface area is 171 Å². The number of rotatable bonds is 7. The maximum absolute atomic E-state index is 12.1. The molecule has 1 amide bonds. The van der Waals surface area contributed by atoms with Gasteiger partial charge in [0.25, 0.3) is 0 Å². The molecular formula is C20H19N5O3S. The summed E-state index contributed by atoms with van der Waals surface area (Å²) in [5.74, 6) is 2.10. The first kappa shape index (κ1) is 18.9. The van der Waals surface area contributed by atoms with Gasteiger partial charge in [0.2, 0.25) is 10.9 Å². The van der Waals surface area contributed by atoms with Gasteiger partial charge < -0.3 is 14.8 Å². The number of ether oxygens (including phenoxy) is 2. The standard InChI is InChI=1S/C20H19N5O3S/c1-13-22-23-20-25(13)24-19(29-20)14-3-5-15(6-4-14)21-18(26)11-12-28-17-9-7-16(27-2)8-10-17/h3-10H,11-12H2,1-2H3,(H,21,26). The third-order valence-electron chi connectivity index (χ3n) is 4.22. The van der Waals surface area contributed by atoms with Gasteiger partial charge in [-0.05, 0) is 55.5 Å². The van der Waals surface area contributed by atoms with Crippen molar-refractivity contribution >= 4 is 27.9 Å². The molecule has 0 aliphatic heterocycles. The van der Waals surface area contributed by atoms with E-state index in [4.69, 9.17) is 9.47 Å². The number of hydrogen-bond acceptors (Lipinski definition) is 7. The summed E-state index contributed by atoms with van der Waals surface area (Å²) < 4.78 is 12.4. The van der Waals surface area contributed by atoms with Gasteiger partial charge in [-0.15, -0.1) is 10.2 Å². The van der Waals surface area contributed by atoms with E-state index in [1.54, 1.807) is 11.6 Å². The summed E-state index contributed by atoms with van der Waals surface area (Å²) in [6.07, 6.45) is 0.254. The van der Waals surface area contributed by atoms with Crippen LogP contribution < -0.4 is 14.8 Å². The van der Waals surface area contributed by atoms with Gasteiger partial charge in [-0.3, -0.25) is 4.79 Å². The molecule has 0 spiro atoms. The Bertz CT molecular complexity index is 1120. The number of carbonyl (C=O) groups excluding carboxylic acids is 1. The lowest BCUT2D eigenvalue weighted by molar-refractivity contribution is -0.116. The number of nitrogens with one attached hydrogen (secondary N) is 1. The topological polar surface area (TPSA) is 90.6 Å². The van der Waals surface area contributed by atoms with E-state index in [0.29, 0.717) is 12.4 Å². The quantitative estimate of drug-likeness (QED) is 0.502. The molecule has 148 valence electrons. The zero-order chi connectivity index (χ0) is 20.2. The van der Waals surface area contributed by atoms with Crippen molar-refractivity contribution in [2.45, 2.75) is 13.3 Å². The second-order valence-corrected chi connectivity index (χ2v) is 7.20. The van der Waals surface area contributed by atoms with E-state index >= 15 is 0 Å². The number of amides is 1. The molecule has 2 heterocycles. The molecule has 2 aromatic heterocycles. The van der Waals surface area contributed by atoms with E-state index < -0.39 is 0 Å². The van der Waals surface area contributed by atoms with Crippen molar-refractivity contribution < 1.29 is 14.3 Å². The number of fused-ring (bicyclic) bond motifs is 1. The summed E-state index contributed by atoms with van der Waals surface area (Å²) >= 11 is 1.47. The number of hydrogen-bond donors (Lipinski definition) is 1. The van der Waals surface area contributed by atoms with E-state index in [2.05, 4.69) is 20.6 Å². The van der Waals surface area contributed by atoms with Crippen LogP contribution in [0.3, 0.4) is 0 Å². The van der Waals surface area contributed by atoms with Crippen LogP contribution in [0.5, 0.6) is 11.5 Å². The SMILES string of the molecule is COc1ccc(OCCC(=O)Nc2ccc(-c3nn4c(C)nnc4s3)cc2)cc1. The van der Waals surface area contributed by atoms with Crippen LogP contribution in [0.4, 0.5) is 5.69 Å². The lowest BCUT2D eigenvalue weighted by Crippen LogP contribution is -2.15. The molecule has 0 bridgehead atoms. The van der Waals surface area contributed by atoms with Crippen LogP contribution >= 0.6 is 11.3 Å². The highest BCUT2D eigenvalue weighted by Gasteiger charge is 2.11. The first-order chi connectivity index (χ1) is 14.1. The molecule has 0 atom stereocenters. The fourth-order valence-electron chi connectivity index (χ4n) is 2.68. The first-order valence-electron chi connectivity index (χ1n) is 8.98. The Hall–Kier alpha value is -3.46. The predicted octanol–water partition coefficient (Wildman–Crippen LogP) is 3.58. The van der Waals surface area contributed by atoms with Crippen LogP contribution in [0.15, 0.2) is 48.5 Å². The van der Waals surface area contributed by atoms with Gasteiger partial charge in [0, 0.05) is 11.3 Å². The first-order valence-corrected chi connectivity index (χ1v) is 9.80. The third kappa shape index (κ3) is 4.35. The Morgan fingerprint density at radius 3 is 2.48 bits per heavy atom. The van der Waals surface area contributed by atoms with E-state index in [-0.39, 0.29) is 12.3 Å². The van der Waals surface area contributed by atoms with Gasteiger partial charge in [0.05, 0.1) is 20.1 Å². The molecule has 8 nitrogen and oxygen atoms in total. The van der Waals surface area contributed by atoms with Gasteiger partial charge in [-0.25, -0.2) is 0 Å². The number of methoxy groups -OCH3 is 1. The highest BCUT2D eigenvalue weighted by atomic mass is 32.1. The zero-order valence-electron chi connectivity index (χ0n) is 16.0. The summed E-state index contributed by atoms with van der Waals surface area (Å²) in [6, 6.07) is 14.8. The predicted molar refractivity (Wildman–Crippen MR) is 111 cm³/mol. The van der Waals surface area contributed by atoms with Crippen molar-refractivity contribution in [1.82, 2.24) is 19.8 Å². The average molecular weight is 409 g/mol. The molecule has 4 rings (SSSR count). The Morgan fingerprint density at radius 2 is 1.79 bits per heavy atom. The molecule has 4 aromatic rings. The minimum Gasteiger partial charge on any atom is -0.497 e. The van der Waals surface area contributed by atoms with E-state index in [0.717, 1.165) is 32.8 Å². The van der Waals surface area contributed by atoms with E-state index in [9.17, 15) is 4.79 Å². The number of aromatic nitrogens is 4. The molecule has 1 N–H and O–H groups in total. The van der Waals surface area contributed by atoms with Crippen molar-refractivity contribution in [3.8, 4) is 22.1 Å². The third-order valence-corrected chi connectivity index (χ3v) is 5.17. The molecule has 0 aliphatic rings. The van der Waals surface area contributed by atoms with Crippen LogP contribution in [0.2, 0.25) is 0 Å². The minimum atomic E-state index is -0.110. The lowest BCUT2D eigenvalue weighted by Gasteiger charge is -2.08. The normalized spacial score (nSPS) is 10.8. The largest absolute Gasteiger partial charge is 0.497 e. The van der Waals surface area contributed by atoms with Gasteiger partial charge in [-0.2, -0.15) is 9.61 Å². The number of anilines is 1. The lowest BCUT2D eigenvalue weighted by atomic mass is 10.2. The number of aryl methyl sites for hydroxylation is 1. The van der Waals surface area contributed by atoms with Gasteiger partial charge in [0.15, 0.2) is 5.82 Å². The fraction of sp³-hybridized carbons (Fsp3) is 0.200. The summed E-state index contributed by atoms with van der Waals surface area (Å²) in [5, 5.41) is 16.3. The summed E-state index contributed by atoms with van der Waals surface area (Å²) in [4.78, 5) is 12.9. The molecule has 0 aliphatic carbocycles. The average Bonchev–Trinajstić information content (AvgIpc) is 3.31. The van der Waals surface area contributed by atoms with Gasteiger partial charge in [-0.1, -0.05) is 11.3 Å². The van der Waals surface area contributed by atoms with Crippen LogP contribution in [-0.4, -0.2) is 39.4 Å². The molecule has 0 saturated carbocycles. The molecule has 0 fully saturated rings. The van der Waals surface area contributed by atoms with Gasteiger partial charge >= 0.3 is 0 Å². The second-order valence-electron chi connectivity index (χ2n) is 6.25. The van der Waals surface area contributed by atoms with Crippen LogP contribution in [0.25, 0.3) is 15.5 Å². The molecular weight excluding hydrogens is 390 g/mol. The number of carbonyl (C=O) groups is 1. The number of nitrogens with zero attached hydrogens (tertiary/aromatic N) is 4. The molecule has 9 heteroatoms. The van der Waals surface area contributed by atoms with Crippen molar-refractivity contribution in [2.24, 2.45) is 0 Å². The maximum atomic E-state index is 12.1. The van der Waals surface area contributed by atoms with Crippen molar-refractivity contribution in [2.75, 3.05) is 19.0 Å². The minimum absolute atomic E-state index is 0.110. The second kappa shape index (κ2) is 8.27. The van der Waals surface area contributed by atoms with Gasteiger partial charge in [0.1, 0.15) is 16.5 Å². The van der Waals surface area contributed by atoms with E-state index in [1.807, 2.05) is 55.5 Å².